The largest absolute Gasteiger partial charge is 0.444 e. The summed E-state index contributed by atoms with van der Waals surface area (Å²) in [4.78, 5) is 42.5. The Hall–Kier alpha value is -2.81. The fourth-order valence-corrected chi connectivity index (χ4v) is 3.47. The zero-order chi connectivity index (χ0) is 22.4. The molecule has 170 valence electrons. The van der Waals surface area contributed by atoms with Crippen molar-refractivity contribution in [3.05, 3.63) is 29.8 Å². The highest BCUT2D eigenvalue weighted by molar-refractivity contribution is 5.95. The van der Waals surface area contributed by atoms with Gasteiger partial charge in [-0.15, -0.1) is 0 Å². The molecule has 9 nitrogen and oxygen atoms in total. The number of rotatable bonds is 4. The van der Waals surface area contributed by atoms with Gasteiger partial charge >= 0.3 is 6.09 Å². The van der Waals surface area contributed by atoms with Gasteiger partial charge in [-0.2, -0.15) is 0 Å². The van der Waals surface area contributed by atoms with Crippen molar-refractivity contribution in [1.29, 1.82) is 0 Å². The van der Waals surface area contributed by atoms with Gasteiger partial charge in [-0.3, -0.25) is 9.59 Å². The lowest BCUT2D eigenvalue weighted by atomic mass is 10.1. The van der Waals surface area contributed by atoms with E-state index in [1.165, 1.54) is 0 Å². The Kier molecular flexibility index (Phi) is 7.37. The number of benzene rings is 1. The molecule has 31 heavy (non-hydrogen) atoms. The summed E-state index contributed by atoms with van der Waals surface area (Å²) in [6.45, 7) is 9.74. The number of anilines is 1. The number of carbonyl (C=O) groups excluding carboxylic acids is 3. The van der Waals surface area contributed by atoms with E-state index in [0.717, 1.165) is 5.69 Å². The number of ether oxygens (including phenoxy) is 2. The zero-order valence-electron chi connectivity index (χ0n) is 18.6. The maximum Gasteiger partial charge on any atom is 0.410 e. The molecule has 2 heterocycles. The van der Waals surface area contributed by atoms with Crippen molar-refractivity contribution in [1.82, 2.24) is 14.7 Å². The number of amides is 3. The van der Waals surface area contributed by atoms with Crippen LogP contribution in [0.4, 0.5) is 10.5 Å². The predicted molar refractivity (Wildman–Crippen MR) is 116 cm³/mol. The molecule has 0 aliphatic carbocycles. The third kappa shape index (κ3) is 6.58. The monoisotopic (exact) mass is 432 g/mol. The average molecular weight is 433 g/mol. The second-order valence-electron chi connectivity index (χ2n) is 8.69. The van der Waals surface area contributed by atoms with Gasteiger partial charge in [0.15, 0.2) is 0 Å². The molecule has 1 N–H and O–H groups in total. The number of nitrogens with zero attached hydrogens (tertiary/aromatic N) is 3. The number of carbonyl (C=O) groups is 3. The normalized spacial score (nSPS) is 17.3. The Morgan fingerprint density at radius 2 is 1.61 bits per heavy atom. The van der Waals surface area contributed by atoms with Crippen LogP contribution in [0, 0.1) is 0 Å². The highest BCUT2D eigenvalue weighted by atomic mass is 16.6. The Morgan fingerprint density at radius 3 is 2.26 bits per heavy atom. The average Bonchev–Trinajstić information content (AvgIpc) is 2.76. The Labute approximate surface area is 183 Å². The molecule has 0 bridgehead atoms. The molecule has 3 amide bonds. The number of nitrogens with one attached hydrogen (secondary N) is 1. The van der Waals surface area contributed by atoms with E-state index >= 15 is 0 Å². The number of morpholine rings is 1. The van der Waals surface area contributed by atoms with Crippen LogP contribution in [0.25, 0.3) is 0 Å². The van der Waals surface area contributed by atoms with Gasteiger partial charge in [-0.25, -0.2) is 4.79 Å². The predicted octanol–water partition coefficient (Wildman–Crippen LogP) is 1.65. The SMILES string of the molecule is CC(C)(C)OC(=O)N1CCN(C(=O)CNc2cccc(C(=O)N3CCOCC3)c2)CC1. The second-order valence-corrected chi connectivity index (χ2v) is 8.69. The maximum atomic E-state index is 12.6. The van der Waals surface area contributed by atoms with Gasteiger partial charge in [-0.05, 0) is 39.0 Å². The Morgan fingerprint density at radius 1 is 0.968 bits per heavy atom. The van der Waals surface area contributed by atoms with Crippen LogP contribution in [0.5, 0.6) is 0 Å². The summed E-state index contributed by atoms with van der Waals surface area (Å²) in [5.41, 5.74) is 0.774. The molecule has 0 saturated carbocycles. The summed E-state index contributed by atoms with van der Waals surface area (Å²) < 4.78 is 10.7. The van der Waals surface area contributed by atoms with Crippen LogP contribution in [0.2, 0.25) is 0 Å². The molecule has 9 heteroatoms. The first-order chi connectivity index (χ1) is 14.7. The van der Waals surface area contributed by atoms with Gasteiger partial charge in [0.25, 0.3) is 5.91 Å². The van der Waals surface area contributed by atoms with Crippen molar-refractivity contribution in [2.24, 2.45) is 0 Å². The Bertz CT molecular complexity index is 793. The van der Waals surface area contributed by atoms with E-state index in [1.54, 1.807) is 32.9 Å². The first kappa shape index (κ1) is 22.9. The van der Waals surface area contributed by atoms with Crippen LogP contribution in [-0.4, -0.2) is 97.2 Å². The van der Waals surface area contributed by atoms with E-state index < -0.39 is 5.60 Å². The van der Waals surface area contributed by atoms with Gasteiger partial charge in [0, 0.05) is 50.5 Å². The summed E-state index contributed by atoms with van der Waals surface area (Å²) in [6.07, 6.45) is -0.348. The molecule has 3 rings (SSSR count). The quantitative estimate of drug-likeness (QED) is 0.778. The van der Waals surface area contributed by atoms with Gasteiger partial charge < -0.3 is 29.5 Å². The van der Waals surface area contributed by atoms with Crippen LogP contribution >= 0.6 is 0 Å². The smallest absolute Gasteiger partial charge is 0.410 e. The third-order valence-corrected chi connectivity index (χ3v) is 5.14. The lowest BCUT2D eigenvalue weighted by molar-refractivity contribution is -0.131. The molecule has 1 aromatic carbocycles. The van der Waals surface area contributed by atoms with Crippen LogP contribution < -0.4 is 5.32 Å². The summed E-state index contributed by atoms with van der Waals surface area (Å²) >= 11 is 0. The van der Waals surface area contributed by atoms with E-state index in [1.807, 2.05) is 26.8 Å². The topological polar surface area (TPSA) is 91.4 Å². The zero-order valence-corrected chi connectivity index (χ0v) is 18.6. The van der Waals surface area contributed by atoms with Crippen LogP contribution in [0.15, 0.2) is 24.3 Å². The van der Waals surface area contributed by atoms with Crippen molar-refractivity contribution >= 4 is 23.6 Å². The molecular weight excluding hydrogens is 400 g/mol. The standard InChI is InChI=1S/C22H32N4O5/c1-22(2,3)31-21(29)26-9-7-24(8-10-26)19(27)16-23-18-6-4-5-17(15-18)20(28)25-11-13-30-14-12-25/h4-6,15,23H,7-14,16H2,1-3H3. The first-order valence-electron chi connectivity index (χ1n) is 10.7. The van der Waals surface area contributed by atoms with Crippen molar-refractivity contribution < 1.29 is 23.9 Å². The van der Waals surface area contributed by atoms with Crippen molar-refractivity contribution in [3.63, 3.8) is 0 Å². The summed E-state index contributed by atoms with van der Waals surface area (Å²) in [7, 11) is 0. The van der Waals surface area contributed by atoms with Gasteiger partial charge in [0.2, 0.25) is 5.91 Å². The van der Waals surface area contributed by atoms with E-state index in [-0.39, 0.29) is 24.5 Å². The minimum absolute atomic E-state index is 0.0310. The molecule has 0 spiro atoms. The number of piperazine rings is 1. The van der Waals surface area contributed by atoms with Gasteiger partial charge in [0.05, 0.1) is 19.8 Å². The van der Waals surface area contributed by atoms with E-state index in [4.69, 9.17) is 9.47 Å². The molecule has 2 aliphatic heterocycles. The van der Waals surface area contributed by atoms with Gasteiger partial charge in [-0.1, -0.05) is 6.07 Å². The lowest BCUT2D eigenvalue weighted by Gasteiger charge is -2.35. The summed E-state index contributed by atoms with van der Waals surface area (Å²) in [6, 6.07) is 7.19. The van der Waals surface area contributed by atoms with Crippen molar-refractivity contribution in [3.8, 4) is 0 Å². The number of hydrogen-bond acceptors (Lipinski definition) is 6. The fraction of sp³-hybridized carbons (Fsp3) is 0.591. The molecule has 0 aromatic heterocycles. The minimum atomic E-state index is -0.536. The second kappa shape index (κ2) is 10.00. The Balaban J connectivity index is 1.47. The molecular formula is C22H32N4O5. The lowest BCUT2D eigenvalue weighted by Crippen LogP contribution is -2.52. The fourth-order valence-electron chi connectivity index (χ4n) is 3.47. The first-order valence-corrected chi connectivity index (χ1v) is 10.7. The molecule has 1 aromatic rings. The molecule has 0 radical (unpaired) electrons. The summed E-state index contributed by atoms with van der Waals surface area (Å²) in [5.74, 6) is -0.0784. The van der Waals surface area contributed by atoms with E-state index in [9.17, 15) is 14.4 Å². The van der Waals surface area contributed by atoms with E-state index in [0.29, 0.717) is 58.0 Å². The van der Waals surface area contributed by atoms with Crippen molar-refractivity contribution in [2.75, 3.05) is 64.3 Å². The van der Waals surface area contributed by atoms with E-state index in [2.05, 4.69) is 5.32 Å². The molecule has 2 saturated heterocycles. The molecule has 2 aliphatic rings. The van der Waals surface area contributed by atoms with Gasteiger partial charge in [0.1, 0.15) is 5.60 Å². The third-order valence-electron chi connectivity index (χ3n) is 5.14. The highest BCUT2D eigenvalue weighted by Crippen LogP contribution is 2.15. The van der Waals surface area contributed by atoms with Crippen LogP contribution in [0.3, 0.4) is 0 Å². The molecule has 2 fully saturated rings. The van der Waals surface area contributed by atoms with Crippen molar-refractivity contribution in [2.45, 2.75) is 26.4 Å². The molecule has 0 unspecified atom stereocenters. The number of hydrogen-bond donors (Lipinski definition) is 1. The van der Waals surface area contributed by atoms with Crippen LogP contribution in [0.1, 0.15) is 31.1 Å². The van der Waals surface area contributed by atoms with Crippen LogP contribution in [-0.2, 0) is 14.3 Å². The summed E-state index contributed by atoms with van der Waals surface area (Å²) in [5, 5.41) is 3.11. The highest BCUT2D eigenvalue weighted by Gasteiger charge is 2.27. The molecule has 0 atom stereocenters. The maximum absolute atomic E-state index is 12.6. The minimum Gasteiger partial charge on any atom is -0.444 e.